The molecule has 0 radical (unpaired) electrons. The van der Waals surface area contributed by atoms with E-state index in [0.29, 0.717) is 0 Å². The highest BCUT2D eigenvalue weighted by atomic mass is 16.3. The fourth-order valence-electron chi connectivity index (χ4n) is 1.14. The molecule has 0 aromatic rings. The molecule has 0 aliphatic heterocycles. The van der Waals surface area contributed by atoms with Gasteiger partial charge in [0.15, 0.2) is 0 Å². The minimum Gasteiger partial charge on any atom is -0.396 e. The third-order valence-corrected chi connectivity index (χ3v) is 2.24. The molecule has 0 amide bonds. The molecule has 0 aliphatic rings. The van der Waals surface area contributed by atoms with Crippen LogP contribution in [0.4, 0.5) is 0 Å². The molecule has 0 heterocycles. The van der Waals surface area contributed by atoms with Gasteiger partial charge in [-0.05, 0) is 6.42 Å². The van der Waals surface area contributed by atoms with E-state index in [0.717, 1.165) is 0 Å². The normalized spacial score (nSPS) is 12.5. The van der Waals surface area contributed by atoms with Crippen LogP contribution in [-0.4, -0.2) is 58.6 Å². The van der Waals surface area contributed by atoms with E-state index in [4.69, 9.17) is 25.5 Å². The molecule has 0 saturated heterocycles. The summed E-state index contributed by atoms with van der Waals surface area (Å²) in [6.07, 6.45) is 0.198. The zero-order valence-electron chi connectivity index (χ0n) is 7.56. The molecule has 13 heavy (non-hydrogen) atoms. The van der Waals surface area contributed by atoms with E-state index < -0.39 is 11.3 Å². The summed E-state index contributed by atoms with van der Waals surface area (Å²) in [7, 11) is 0. The summed E-state index contributed by atoms with van der Waals surface area (Å²) in [4.78, 5) is 0. The summed E-state index contributed by atoms with van der Waals surface area (Å²) in [6, 6.07) is 0. The van der Waals surface area contributed by atoms with Crippen LogP contribution in [0.1, 0.15) is 6.42 Å². The molecule has 80 valence electrons. The first-order chi connectivity index (χ1) is 6.17. The molecule has 0 aromatic carbocycles. The summed E-state index contributed by atoms with van der Waals surface area (Å²) < 4.78 is 0. The third kappa shape index (κ3) is 3.58. The van der Waals surface area contributed by atoms with E-state index in [-0.39, 0.29) is 39.5 Å². The topological polar surface area (TPSA) is 101 Å². The lowest BCUT2D eigenvalue weighted by Gasteiger charge is -2.30. The summed E-state index contributed by atoms with van der Waals surface area (Å²) in [5, 5.41) is 44.3. The van der Waals surface area contributed by atoms with Gasteiger partial charge in [-0.25, -0.2) is 0 Å². The Morgan fingerprint density at radius 2 is 1.15 bits per heavy atom. The van der Waals surface area contributed by atoms with Gasteiger partial charge >= 0.3 is 0 Å². The van der Waals surface area contributed by atoms with Gasteiger partial charge in [0, 0.05) is 24.5 Å². The predicted molar refractivity (Wildman–Crippen MR) is 46.0 cm³/mol. The van der Waals surface area contributed by atoms with Gasteiger partial charge in [0.2, 0.25) is 0 Å². The molecule has 0 bridgehead atoms. The Kier molecular flexibility index (Phi) is 6.19. The van der Waals surface area contributed by atoms with Gasteiger partial charge in [-0.1, -0.05) is 0 Å². The maximum atomic E-state index is 8.93. The molecule has 0 atom stereocenters. The number of aliphatic hydroxyl groups is 5. The van der Waals surface area contributed by atoms with Crippen LogP contribution in [0.15, 0.2) is 0 Å². The lowest BCUT2D eigenvalue weighted by Crippen LogP contribution is -2.37. The zero-order valence-corrected chi connectivity index (χ0v) is 7.56. The SMILES string of the molecule is OCC(CO)CC(CO)(CO)CO. The Hall–Kier alpha value is -0.200. The Morgan fingerprint density at radius 1 is 0.769 bits per heavy atom. The quantitative estimate of drug-likeness (QED) is 0.321. The second-order valence-corrected chi connectivity index (χ2v) is 3.41. The van der Waals surface area contributed by atoms with Crippen molar-refractivity contribution in [3.8, 4) is 0 Å². The second kappa shape index (κ2) is 6.28. The first-order valence-corrected chi connectivity index (χ1v) is 4.22. The van der Waals surface area contributed by atoms with E-state index in [1.807, 2.05) is 0 Å². The van der Waals surface area contributed by atoms with Crippen LogP contribution in [0.3, 0.4) is 0 Å². The number of hydrogen-bond donors (Lipinski definition) is 5. The first-order valence-electron chi connectivity index (χ1n) is 4.22. The van der Waals surface area contributed by atoms with Gasteiger partial charge < -0.3 is 25.5 Å². The molecule has 5 N–H and O–H groups in total. The lowest BCUT2D eigenvalue weighted by molar-refractivity contribution is -0.0248. The van der Waals surface area contributed by atoms with Crippen LogP contribution >= 0.6 is 0 Å². The van der Waals surface area contributed by atoms with Gasteiger partial charge in [0.25, 0.3) is 0 Å². The molecule has 0 spiro atoms. The third-order valence-electron chi connectivity index (χ3n) is 2.24. The van der Waals surface area contributed by atoms with Crippen LogP contribution in [0, 0.1) is 11.3 Å². The van der Waals surface area contributed by atoms with Gasteiger partial charge in [-0.15, -0.1) is 0 Å². The monoisotopic (exact) mass is 194 g/mol. The maximum Gasteiger partial charge on any atom is 0.0531 e. The fourth-order valence-corrected chi connectivity index (χ4v) is 1.14. The van der Waals surface area contributed by atoms with Crippen LogP contribution in [0.2, 0.25) is 0 Å². The molecular weight excluding hydrogens is 176 g/mol. The molecule has 0 aliphatic carbocycles. The van der Waals surface area contributed by atoms with Gasteiger partial charge in [-0.2, -0.15) is 0 Å². The Morgan fingerprint density at radius 3 is 1.38 bits per heavy atom. The average molecular weight is 194 g/mol. The Labute approximate surface area is 77.3 Å². The molecule has 5 heteroatoms. The maximum absolute atomic E-state index is 8.93. The molecule has 0 aromatic heterocycles. The Bertz CT molecular complexity index is 111. The number of aliphatic hydroxyl groups excluding tert-OH is 5. The molecule has 0 unspecified atom stereocenters. The summed E-state index contributed by atoms with van der Waals surface area (Å²) in [5.74, 6) is -0.411. The number of rotatable bonds is 7. The zero-order chi connectivity index (χ0) is 10.3. The van der Waals surface area contributed by atoms with Crippen molar-refractivity contribution in [3.05, 3.63) is 0 Å². The van der Waals surface area contributed by atoms with Crippen LogP contribution in [-0.2, 0) is 0 Å². The molecule has 0 saturated carbocycles. The van der Waals surface area contributed by atoms with Crippen molar-refractivity contribution in [2.45, 2.75) is 6.42 Å². The summed E-state index contributed by atoms with van der Waals surface area (Å²) >= 11 is 0. The van der Waals surface area contributed by atoms with Crippen molar-refractivity contribution in [3.63, 3.8) is 0 Å². The minimum atomic E-state index is -1.00. The number of hydrogen-bond acceptors (Lipinski definition) is 5. The van der Waals surface area contributed by atoms with Crippen molar-refractivity contribution < 1.29 is 25.5 Å². The molecule has 0 fully saturated rings. The van der Waals surface area contributed by atoms with Crippen molar-refractivity contribution >= 4 is 0 Å². The smallest absolute Gasteiger partial charge is 0.0531 e. The van der Waals surface area contributed by atoms with Crippen LogP contribution in [0.5, 0.6) is 0 Å². The Balaban J connectivity index is 4.21. The van der Waals surface area contributed by atoms with Crippen LogP contribution < -0.4 is 0 Å². The van der Waals surface area contributed by atoms with Crippen molar-refractivity contribution in [1.29, 1.82) is 0 Å². The lowest BCUT2D eigenvalue weighted by atomic mass is 9.81. The van der Waals surface area contributed by atoms with Crippen LogP contribution in [0.25, 0.3) is 0 Å². The van der Waals surface area contributed by atoms with E-state index in [1.165, 1.54) is 0 Å². The van der Waals surface area contributed by atoms with Crippen molar-refractivity contribution in [1.82, 2.24) is 0 Å². The van der Waals surface area contributed by atoms with Crippen molar-refractivity contribution in [2.24, 2.45) is 11.3 Å². The largest absolute Gasteiger partial charge is 0.396 e. The highest BCUT2D eigenvalue weighted by molar-refractivity contribution is 4.80. The predicted octanol–water partition coefficient (Wildman–Crippen LogP) is -2.06. The molecular formula is C8H18O5. The standard InChI is InChI=1S/C8H18O5/c9-2-7(3-10)1-8(4-11,5-12)6-13/h7,9-13H,1-6H2. The highest BCUT2D eigenvalue weighted by Crippen LogP contribution is 2.24. The van der Waals surface area contributed by atoms with E-state index >= 15 is 0 Å². The average Bonchev–Trinajstić information content (AvgIpc) is 2.21. The fraction of sp³-hybridized carbons (Fsp3) is 1.00. The van der Waals surface area contributed by atoms with E-state index in [1.54, 1.807) is 0 Å². The molecule has 0 rings (SSSR count). The minimum absolute atomic E-state index is 0.198. The highest BCUT2D eigenvalue weighted by Gasteiger charge is 2.30. The van der Waals surface area contributed by atoms with Gasteiger partial charge in [0.1, 0.15) is 0 Å². The van der Waals surface area contributed by atoms with Gasteiger partial charge in [-0.3, -0.25) is 0 Å². The summed E-state index contributed by atoms with van der Waals surface area (Å²) in [6.45, 7) is -1.54. The second-order valence-electron chi connectivity index (χ2n) is 3.41. The van der Waals surface area contributed by atoms with Crippen molar-refractivity contribution in [2.75, 3.05) is 33.0 Å². The van der Waals surface area contributed by atoms with Gasteiger partial charge in [0.05, 0.1) is 19.8 Å². The summed E-state index contributed by atoms with van der Waals surface area (Å²) in [5.41, 5.74) is -1.00. The molecule has 5 nitrogen and oxygen atoms in total. The first kappa shape index (κ1) is 12.8. The van der Waals surface area contributed by atoms with E-state index in [2.05, 4.69) is 0 Å². The van der Waals surface area contributed by atoms with E-state index in [9.17, 15) is 0 Å².